The van der Waals surface area contributed by atoms with Gasteiger partial charge in [-0.3, -0.25) is 14.9 Å². The summed E-state index contributed by atoms with van der Waals surface area (Å²) in [6, 6.07) is 8.04. The second-order valence-corrected chi connectivity index (χ2v) is 17.4. The molecule has 0 aliphatic carbocycles. The van der Waals surface area contributed by atoms with Crippen LogP contribution in [0.3, 0.4) is 0 Å². The minimum Gasteiger partial charge on any atom is -0.494 e. The molecule has 11 nitrogen and oxygen atoms in total. The number of ether oxygens (including phenoxy) is 1. The number of aliphatic hydroxyl groups is 1. The van der Waals surface area contributed by atoms with Crippen molar-refractivity contribution in [2.45, 2.75) is 50.9 Å². The number of nitrogens with zero attached hydrogens (tertiary/aromatic N) is 6. The number of piperidine rings is 1. The third kappa shape index (κ3) is 6.68. The van der Waals surface area contributed by atoms with Crippen molar-refractivity contribution in [2.75, 3.05) is 62.2 Å². The Morgan fingerprint density at radius 2 is 1.79 bits per heavy atom. The van der Waals surface area contributed by atoms with Crippen LogP contribution in [0, 0.1) is 6.92 Å². The van der Waals surface area contributed by atoms with Gasteiger partial charge in [0.15, 0.2) is 5.67 Å². The summed E-state index contributed by atoms with van der Waals surface area (Å²) in [6.45, 7) is 10.8. The minimum atomic E-state index is -2.76. The number of likely N-dealkylation sites (tertiary alicyclic amines) is 1. The van der Waals surface area contributed by atoms with Crippen molar-refractivity contribution in [1.82, 2.24) is 24.8 Å². The lowest BCUT2D eigenvalue weighted by atomic mass is 9.79. The van der Waals surface area contributed by atoms with E-state index in [9.17, 15) is 14.1 Å². The Bertz CT molecular complexity index is 1850. The van der Waals surface area contributed by atoms with E-state index in [4.69, 9.17) is 9.72 Å². The number of halogens is 2. The second-order valence-electron chi connectivity index (χ2n) is 13.4. The number of fused-ring (bicyclic) bond motifs is 1. The zero-order valence-corrected chi connectivity index (χ0v) is 30.0. The number of anilines is 5. The number of hydrogen-bond acceptors (Lipinski definition) is 11. The number of rotatable bonds is 9. The first-order valence-electron chi connectivity index (χ1n) is 15.6. The highest BCUT2D eigenvalue weighted by Crippen LogP contribution is 2.42. The first-order chi connectivity index (χ1) is 22.2. The van der Waals surface area contributed by atoms with Crippen LogP contribution < -0.4 is 25.6 Å². The highest BCUT2D eigenvalue weighted by molar-refractivity contribution is 9.10. The number of nitrogens with one attached hydrogen (secondary N) is 2. The predicted octanol–water partition coefficient (Wildman–Crippen LogP) is 6.00. The summed E-state index contributed by atoms with van der Waals surface area (Å²) in [4.78, 5) is 22.6. The summed E-state index contributed by atoms with van der Waals surface area (Å²) in [5.41, 5.74) is 1.88. The van der Waals surface area contributed by atoms with Gasteiger partial charge in [0.25, 0.3) is 0 Å². The Hall–Kier alpha value is -3.38. The van der Waals surface area contributed by atoms with Crippen molar-refractivity contribution in [3.8, 4) is 5.75 Å². The number of hydrogen-bond donors (Lipinski definition) is 3. The van der Waals surface area contributed by atoms with Crippen molar-refractivity contribution in [3.05, 3.63) is 52.9 Å². The van der Waals surface area contributed by atoms with Crippen LogP contribution >= 0.6 is 23.1 Å². The fourth-order valence-corrected chi connectivity index (χ4v) is 8.11. The summed E-state index contributed by atoms with van der Waals surface area (Å²) < 4.78 is 34.8. The minimum absolute atomic E-state index is 0.278. The fraction of sp³-hybridized carbons (Fsp3) is 0.455. The Morgan fingerprint density at radius 3 is 2.45 bits per heavy atom. The van der Waals surface area contributed by atoms with Crippen molar-refractivity contribution in [1.29, 1.82) is 0 Å². The van der Waals surface area contributed by atoms with E-state index in [-0.39, 0.29) is 13.1 Å². The maximum absolute atomic E-state index is 15.0. The maximum Gasteiger partial charge on any atom is 0.229 e. The first-order valence-corrected chi connectivity index (χ1v) is 19.0. The fourth-order valence-electron chi connectivity index (χ4n) is 6.43. The van der Waals surface area contributed by atoms with E-state index in [1.54, 1.807) is 52.9 Å². The first kappa shape index (κ1) is 33.5. The molecule has 0 spiro atoms. The molecule has 4 heterocycles. The molecule has 14 heteroatoms. The lowest BCUT2D eigenvalue weighted by Crippen LogP contribution is -2.71. The molecule has 0 unspecified atom stereocenters. The average molecular weight is 728 g/mol. The van der Waals surface area contributed by atoms with Crippen LogP contribution in [0.15, 0.2) is 47.3 Å². The molecule has 6 rings (SSSR count). The quantitative estimate of drug-likeness (QED) is 0.176. The van der Waals surface area contributed by atoms with Gasteiger partial charge in [0.1, 0.15) is 24.2 Å². The van der Waals surface area contributed by atoms with Crippen LogP contribution in [0.1, 0.15) is 32.3 Å². The van der Waals surface area contributed by atoms with Crippen LogP contribution in [-0.2, 0) is 4.57 Å². The van der Waals surface area contributed by atoms with Gasteiger partial charge in [0.05, 0.1) is 39.4 Å². The zero-order chi connectivity index (χ0) is 33.7. The normalized spacial score (nSPS) is 17.4. The standard InChI is InChI=1S/C33H41BrFN8O3P/c1-20-15-25(27(46-4)16-26(20)42-13-9-21(10-14-42)43-18-33(35,19-43)32(2,3)44)40-31-38-17-22(34)30(41-31)39-24-8-7-23-28(37-12-11-36-23)29(24)47(5,6)45/h7-8,11-12,15-17,21,44H,9-10,13-14,18-19H2,1-6H3,(H2,38,39,40,41). The molecule has 2 aromatic carbocycles. The molecule has 2 aliphatic heterocycles. The highest BCUT2D eigenvalue weighted by Gasteiger charge is 2.55. The topological polar surface area (TPSA) is 129 Å². The van der Waals surface area contributed by atoms with Gasteiger partial charge in [-0.1, -0.05) is 0 Å². The molecule has 2 aromatic heterocycles. The molecule has 47 heavy (non-hydrogen) atoms. The summed E-state index contributed by atoms with van der Waals surface area (Å²) >= 11 is 3.55. The lowest BCUT2D eigenvalue weighted by Gasteiger charge is -2.54. The van der Waals surface area contributed by atoms with E-state index < -0.39 is 18.4 Å². The summed E-state index contributed by atoms with van der Waals surface area (Å²) in [5.74, 6) is 1.49. The third-order valence-electron chi connectivity index (χ3n) is 9.24. The van der Waals surface area contributed by atoms with E-state index in [2.05, 4.69) is 58.2 Å². The van der Waals surface area contributed by atoms with Gasteiger partial charge >= 0.3 is 0 Å². The second kappa shape index (κ2) is 12.6. The SMILES string of the molecule is COc1cc(N2CCC(N3CC(F)(C(C)(C)O)C3)CC2)c(C)cc1Nc1ncc(Br)c(Nc2ccc3nccnc3c2P(C)(C)=O)n1. The highest BCUT2D eigenvalue weighted by atomic mass is 79.9. The van der Waals surface area contributed by atoms with Crippen LogP contribution in [0.5, 0.6) is 5.75 Å². The lowest BCUT2D eigenvalue weighted by molar-refractivity contribution is -0.170. The predicted molar refractivity (Wildman–Crippen MR) is 190 cm³/mol. The molecule has 0 saturated carbocycles. The molecule has 4 aromatic rings. The van der Waals surface area contributed by atoms with Crippen molar-refractivity contribution in [3.63, 3.8) is 0 Å². The Balaban J connectivity index is 1.18. The number of alkyl halides is 1. The summed E-state index contributed by atoms with van der Waals surface area (Å²) in [7, 11) is -1.12. The Labute approximate surface area is 282 Å². The molecule has 2 fully saturated rings. The van der Waals surface area contributed by atoms with Crippen LogP contribution in [0.2, 0.25) is 0 Å². The molecule has 0 atom stereocenters. The zero-order valence-electron chi connectivity index (χ0n) is 27.5. The molecule has 0 amide bonds. The van der Waals surface area contributed by atoms with Gasteiger partial charge in [-0.2, -0.15) is 4.98 Å². The van der Waals surface area contributed by atoms with Crippen molar-refractivity contribution >= 4 is 68.2 Å². The largest absolute Gasteiger partial charge is 0.494 e. The maximum atomic E-state index is 15.0. The Morgan fingerprint density at radius 1 is 1.09 bits per heavy atom. The molecule has 0 bridgehead atoms. The number of aryl methyl sites for hydroxylation is 1. The van der Waals surface area contributed by atoms with E-state index in [0.717, 1.165) is 42.9 Å². The molecular weight excluding hydrogens is 686 g/mol. The van der Waals surface area contributed by atoms with Crippen LogP contribution in [-0.4, -0.2) is 93.9 Å². The number of benzene rings is 2. The van der Waals surface area contributed by atoms with Gasteiger partial charge in [0, 0.05) is 62.6 Å². The molecular formula is C33H41BrFN8O3P. The summed E-state index contributed by atoms with van der Waals surface area (Å²) in [5, 5.41) is 17.5. The van der Waals surface area contributed by atoms with Crippen LogP contribution in [0.25, 0.3) is 11.0 Å². The number of aromatic nitrogens is 4. The average Bonchev–Trinajstić information content (AvgIpc) is 3.00. The number of methoxy groups -OCH3 is 1. The van der Waals surface area contributed by atoms with Crippen molar-refractivity contribution < 1.29 is 18.8 Å². The van der Waals surface area contributed by atoms with Gasteiger partial charge < -0.3 is 29.9 Å². The molecule has 2 aliphatic rings. The van der Waals surface area contributed by atoms with Crippen molar-refractivity contribution in [2.24, 2.45) is 0 Å². The van der Waals surface area contributed by atoms with E-state index in [0.29, 0.717) is 50.1 Å². The Kier molecular flexibility index (Phi) is 8.97. The molecule has 2 saturated heterocycles. The van der Waals surface area contributed by atoms with Gasteiger partial charge in [0.2, 0.25) is 5.95 Å². The summed E-state index contributed by atoms with van der Waals surface area (Å²) in [6.07, 6.45) is 6.71. The third-order valence-corrected chi connectivity index (χ3v) is 11.3. The van der Waals surface area contributed by atoms with Crippen LogP contribution in [0.4, 0.5) is 33.2 Å². The van der Waals surface area contributed by atoms with Gasteiger partial charge in [-0.05, 0) is 86.6 Å². The smallest absolute Gasteiger partial charge is 0.229 e. The van der Waals surface area contributed by atoms with Gasteiger partial charge in [-0.15, -0.1) is 0 Å². The van der Waals surface area contributed by atoms with Gasteiger partial charge in [-0.25, -0.2) is 9.37 Å². The van der Waals surface area contributed by atoms with E-state index in [1.165, 1.54) is 0 Å². The molecule has 3 N–H and O–H groups in total. The van der Waals surface area contributed by atoms with E-state index >= 15 is 0 Å². The van der Waals surface area contributed by atoms with E-state index in [1.807, 2.05) is 24.3 Å². The monoisotopic (exact) mass is 726 g/mol. The molecule has 250 valence electrons. The molecule has 0 radical (unpaired) electrons.